The van der Waals surface area contributed by atoms with Crippen molar-refractivity contribution < 1.29 is 73.5 Å². The highest BCUT2D eigenvalue weighted by Crippen LogP contribution is 2.48. The Labute approximate surface area is 532 Å². The molecule has 0 saturated carbocycles. The molecule has 5 aromatic rings. The zero-order valence-electron chi connectivity index (χ0n) is 51.9. The Morgan fingerprint density at radius 1 is 0.659 bits per heavy atom. The van der Waals surface area contributed by atoms with Crippen LogP contribution < -0.4 is 31.9 Å². The predicted molar refractivity (Wildman–Crippen MR) is 343 cm³/mol. The summed E-state index contributed by atoms with van der Waals surface area (Å²) in [6.45, 7) is 11.3. The van der Waals surface area contributed by atoms with Crippen LogP contribution in [0.2, 0.25) is 0 Å². The van der Waals surface area contributed by atoms with Crippen LogP contribution >= 0.6 is 0 Å². The van der Waals surface area contributed by atoms with Crippen LogP contribution in [0.15, 0.2) is 155 Å². The van der Waals surface area contributed by atoms with Gasteiger partial charge < -0.3 is 46.1 Å². The van der Waals surface area contributed by atoms with Crippen LogP contribution in [0, 0.1) is 0 Å². The van der Waals surface area contributed by atoms with Crippen molar-refractivity contribution in [3.63, 3.8) is 0 Å². The lowest BCUT2D eigenvalue weighted by molar-refractivity contribution is -0.438. The lowest BCUT2D eigenvalue weighted by Gasteiger charge is -2.25. The molecule has 0 saturated heterocycles. The van der Waals surface area contributed by atoms with Crippen LogP contribution in [0.1, 0.15) is 118 Å². The molecule has 486 valence electrons. The summed E-state index contributed by atoms with van der Waals surface area (Å²) < 4.78 is 87.0. The number of primary amides is 1. The summed E-state index contributed by atoms with van der Waals surface area (Å²) in [7, 11) is -8.96. The Balaban J connectivity index is 0.967. The number of unbranched alkanes of at least 4 members (excludes halogenated alkanes) is 3. The number of benzene rings is 5. The summed E-state index contributed by atoms with van der Waals surface area (Å²) in [6.07, 6.45) is 8.06. The van der Waals surface area contributed by atoms with Crippen LogP contribution in [0.5, 0.6) is 0 Å². The predicted octanol–water partition coefficient (Wildman–Crippen LogP) is 7.55. The standard InChI is InChI=1S/C67H81N7O15S2/c1-6-73-56-33-31-50(90(81,82)83)42-52(56)66(2,3)58(73)24-18-25-59-67(4,5)53-43-51(91(84,85)86)32-34-57(53)74(59)37-17-9-14-26-61(76)69-35-16-15-23-54(63(78)70-36-38-87-39-40-88-45-60(68)75)71-64(79)55(72-65(80)89-44-47-19-10-7-11-20-47)41-46-27-29-49(30-28-46)62(77)48-21-12-8-13-22-48/h7-8,10-13,18-22,24-25,27-34,42-43,54-55H,6,9,14-17,23,26,35-41,44-45H2,1-5H3,(H7-,68,69,70,71,72,75,76,78,79,80,81,82,83,84,85,86)/p+1/t54-,55-/m0/s1. The number of nitrogens with one attached hydrogen (secondary N) is 4. The molecule has 2 atom stereocenters. The smallest absolute Gasteiger partial charge is 0.408 e. The first-order valence-corrected chi connectivity index (χ1v) is 33.2. The average molecular weight is 1290 g/mol. The Morgan fingerprint density at radius 3 is 1.98 bits per heavy atom. The van der Waals surface area contributed by atoms with Crippen molar-refractivity contribution in [1.29, 1.82) is 0 Å². The number of carbonyl (C=O) groups is 6. The number of nitrogens with zero attached hydrogens (tertiary/aromatic N) is 2. The number of hydrogen-bond donors (Lipinski definition) is 7. The first kappa shape index (κ1) is 70.1. The molecule has 5 aromatic carbocycles. The molecule has 7 rings (SSSR count). The number of fused-ring (bicyclic) bond motifs is 2. The minimum Gasteiger partial charge on any atom is -0.445 e. The van der Waals surface area contributed by atoms with E-state index in [0.717, 1.165) is 33.9 Å². The van der Waals surface area contributed by atoms with Crippen molar-refractivity contribution in [2.24, 2.45) is 5.73 Å². The molecule has 0 spiro atoms. The van der Waals surface area contributed by atoms with E-state index in [4.69, 9.17) is 19.9 Å². The lowest BCUT2D eigenvalue weighted by atomic mass is 9.81. The number of alkyl carbamates (subject to hydrolysis) is 1. The van der Waals surface area contributed by atoms with E-state index in [0.29, 0.717) is 67.4 Å². The normalized spacial score (nSPS) is 15.2. The van der Waals surface area contributed by atoms with Gasteiger partial charge in [-0.2, -0.15) is 21.4 Å². The molecule has 8 N–H and O–H groups in total. The van der Waals surface area contributed by atoms with Crippen molar-refractivity contribution in [3.05, 3.63) is 179 Å². The zero-order chi connectivity index (χ0) is 65.9. The van der Waals surface area contributed by atoms with Gasteiger partial charge in [0.25, 0.3) is 20.2 Å². The van der Waals surface area contributed by atoms with E-state index in [-0.39, 0.29) is 86.9 Å². The molecule has 24 heteroatoms. The maximum atomic E-state index is 14.3. The van der Waals surface area contributed by atoms with Crippen molar-refractivity contribution >= 4 is 72.8 Å². The fraction of sp³-hybridized carbons (Fsp3) is 0.388. The van der Waals surface area contributed by atoms with E-state index in [1.54, 1.807) is 84.9 Å². The van der Waals surface area contributed by atoms with E-state index in [1.807, 2.05) is 65.0 Å². The van der Waals surface area contributed by atoms with E-state index in [2.05, 4.69) is 30.7 Å². The second kappa shape index (κ2) is 32.1. The molecule has 0 aromatic heterocycles. The largest absolute Gasteiger partial charge is 0.445 e. The number of ether oxygens (including phenoxy) is 3. The minimum absolute atomic E-state index is 0.0268. The third-order valence-corrected chi connectivity index (χ3v) is 17.7. The SMILES string of the molecule is CCN1/C(=C/C=C/C2=[N+](CCCCCC(=O)NCCCC[C@H](NC(=O)[C@H](Cc3ccc(C(=O)c4ccccc4)cc3)NC(=O)OCc3ccccc3)C(=O)NCCOCCOCC(N)=O)c3ccc(S(=O)(=O)O)cc3C2(C)C)C(C)(C)c2cc(S(=O)(=O)O)ccc21. The number of amides is 5. The number of likely N-dealkylation sites (N-methyl/N-ethyl adjacent to an activating group) is 1. The van der Waals surface area contributed by atoms with Gasteiger partial charge in [-0.1, -0.05) is 105 Å². The maximum absolute atomic E-state index is 14.3. The third kappa shape index (κ3) is 19.3. The Bertz CT molecular complexity index is 3740. The van der Waals surface area contributed by atoms with Crippen LogP contribution in [-0.2, 0) is 77.5 Å². The zero-order valence-corrected chi connectivity index (χ0v) is 53.6. The molecule has 22 nitrogen and oxygen atoms in total. The van der Waals surface area contributed by atoms with E-state index in [9.17, 15) is 54.7 Å². The highest BCUT2D eigenvalue weighted by atomic mass is 32.2. The van der Waals surface area contributed by atoms with Gasteiger partial charge in [0.15, 0.2) is 11.5 Å². The van der Waals surface area contributed by atoms with Gasteiger partial charge in [0.05, 0.1) is 35.0 Å². The highest BCUT2D eigenvalue weighted by Gasteiger charge is 2.45. The van der Waals surface area contributed by atoms with Gasteiger partial charge in [-0.05, 0) is 106 Å². The Morgan fingerprint density at radius 2 is 1.31 bits per heavy atom. The van der Waals surface area contributed by atoms with Gasteiger partial charge in [-0.25, -0.2) is 4.79 Å². The second-order valence-electron chi connectivity index (χ2n) is 23.2. The van der Waals surface area contributed by atoms with Gasteiger partial charge in [0.2, 0.25) is 29.3 Å². The molecule has 0 unspecified atom stereocenters. The molecule has 0 aliphatic carbocycles. The van der Waals surface area contributed by atoms with Gasteiger partial charge in [0.1, 0.15) is 31.8 Å². The maximum Gasteiger partial charge on any atom is 0.408 e. The van der Waals surface area contributed by atoms with Crippen LogP contribution in [0.3, 0.4) is 0 Å². The van der Waals surface area contributed by atoms with Gasteiger partial charge >= 0.3 is 6.09 Å². The van der Waals surface area contributed by atoms with E-state index >= 15 is 0 Å². The van der Waals surface area contributed by atoms with Crippen LogP contribution in [0.4, 0.5) is 16.2 Å². The summed E-state index contributed by atoms with van der Waals surface area (Å²) in [5.41, 5.74) is 10.8. The van der Waals surface area contributed by atoms with Crippen molar-refractivity contribution in [1.82, 2.24) is 21.3 Å². The minimum atomic E-state index is -4.51. The Kier molecular flexibility index (Phi) is 24.7. The van der Waals surface area contributed by atoms with Gasteiger partial charge in [0, 0.05) is 84.5 Å². The number of ketones is 1. The quantitative estimate of drug-likeness (QED) is 0.00905. The number of nitrogens with two attached hydrogens (primary N) is 1. The lowest BCUT2D eigenvalue weighted by Crippen LogP contribution is -2.54. The number of allylic oxidation sites excluding steroid dienone is 4. The molecule has 2 heterocycles. The number of rotatable bonds is 34. The fourth-order valence-corrected chi connectivity index (χ4v) is 12.2. The molecule has 0 bridgehead atoms. The molecule has 2 aliphatic heterocycles. The summed E-state index contributed by atoms with van der Waals surface area (Å²) >= 11 is 0. The third-order valence-electron chi connectivity index (χ3n) is 16.0. The van der Waals surface area contributed by atoms with Crippen molar-refractivity contribution in [3.8, 4) is 0 Å². The topological polar surface area (TPSA) is 319 Å². The van der Waals surface area contributed by atoms with Gasteiger partial charge in [-0.3, -0.25) is 33.1 Å². The molecule has 0 radical (unpaired) electrons. The summed E-state index contributed by atoms with van der Waals surface area (Å²) in [6, 6.07) is 31.3. The summed E-state index contributed by atoms with van der Waals surface area (Å²) in [4.78, 5) is 80.5. The number of anilines is 1. The highest BCUT2D eigenvalue weighted by molar-refractivity contribution is 7.86. The summed E-state index contributed by atoms with van der Waals surface area (Å²) in [5.74, 6) is -2.18. The fourth-order valence-electron chi connectivity index (χ4n) is 11.2. The molecular formula is C67H82N7O15S2+. The first-order valence-electron chi connectivity index (χ1n) is 30.3. The van der Waals surface area contributed by atoms with E-state index < -0.39 is 67.0 Å². The number of hydrogen-bond acceptors (Lipinski definition) is 14. The Hall–Kier alpha value is -8.39. The summed E-state index contributed by atoms with van der Waals surface area (Å²) in [5, 5.41) is 11.2. The molecule has 5 amide bonds. The van der Waals surface area contributed by atoms with Crippen molar-refractivity contribution in [2.75, 3.05) is 57.5 Å². The monoisotopic (exact) mass is 1290 g/mol. The molecular weight excluding hydrogens is 1210 g/mol. The molecule has 2 aliphatic rings. The molecule has 91 heavy (non-hydrogen) atoms. The second-order valence-corrected chi connectivity index (χ2v) is 26.1. The number of carbonyl (C=O) groups excluding carboxylic acids is 6. The van der Waals surface area contributed by atoms with Gasteiger partial charge in [-0.15, -0.1) is 0 Å². The average Bonchev–Trinajstić information content (AvgIpc) is 1.60. The van der Waals surface area contributed by atoms with Crippen LogP contribution in [0.25, 0.3) is 0 Å². The van der Waals surface area contributed by atoms with E-state index in [1.165, 1.54) is 24.3 Å². The first-order chi connectivity index (χ1) is 43.3. The van der Waals surface area contributed by atoms with Crippen molar-refractivity contribution in [2.45, 2.75) is 125 Å². The molecule has 0 fully saturated rings. The van der Waals surface area contributed by atoms with Crippen LogP contribution in [-0.4, -0.2) is 136 Å².